The van der Waals surface area contributed by atoms with E-state index >= 15 is 4.39 Å². The average molecular weight is 532 g/mol. The van der Waals surface area contributed by atoms with E-state index in [1.54, 1.807) is 17.2 Å². The van der Waals surface area contributed by atoms with Gasteiger partial charge in [-0.15, -0.1) is 0 Å². The summed E-state index contributed by atoms with van der Waals surface area (Å²) in [4.78, 5) is 22.8. The van der Waals surface area contributed by atoms with Crippen LogP contribution in [0.25, 0.3) is 32.9 Å². The fraction of sp³-hybridized carbons (Fsp3) is 0.286. The number of aryl methyl sites for hydroxylation is 1. The lowest BCUT2D eigenvalue weighted by Gasteiger charge is -2.36. The first kappa shape index (κ1) is 25.6. The summed E-state index contributed by atoms with van der Waals surface area (Å²) in [5.74, 6) is -0.550. The molecule has 1 saturated heterocycles. The molecule has 1 fully saturated rings. The number of nitrogens with zero attached hydrogens (tertiary/aromatic N) is 6. The Balaban J connectivity index is 1.53. The van der Waals surface area contributed by atoms with Crippen molar-refractivity contribution in [1.82, 2.24) is 25.0 Å². The second-order valence-corrected chi connectivity index (χ2v) is 10.0. The average Bonchev–Trinajstić information content (AvgIpc) is 3.38. The number of likely N-dealkylation sites (N-methyl/N-ethyl adjacent to an activating group) is 1. The molecule has 8 nitrogen and oxygen atoms in total. The van der Waals surface area contributed by atoms with Gasteiger partial charge in [0.15, 0.2) is 0 Å². The van der Waals surface area contributed by atoms with Crippen molar-refractivity contribution >= 4 is 45.0 Å². The number of piperazine rings is 1. The molecule has 3 heterocycles. The predicted molar refractivity (Wildman–Crippen MR) is 148 cm³/mol. The van der Waals surface area contributed by atoms with Crippen molar-refractivity contribution in [2.75, 3.05) is 51.7 Å². The van der Waals surface area contributed by atoms with Crippen molar-refractivity contribution in [3.05, 3.63) is 64.7 Å². The molecule has 2 aromatic carbocycles. The number of benzene rings is 2. The molecule has 1 N–H and O–H groups in total. The van der Waals surface area contributed by atoms with Gasteiger partial charge in [-0.1, -0.05) is 23.7 Å². The lowest BCUT2D eigenvalue weighted by atomic mass is 9.94. The third-order valence-electron chi connectivity index (χ3n) is 6.87. The van der Waals surface area contributed by atoms with Gasteiger partial charge in [-0.05, 0) is 38.7 Å². The summed E-state index contributed by atoms with van der Waals surface area (Å²) in [5.41, 5.74) is 3.88. The van der Waals surface area contributed by atoms with Crippen molar-refractivity contribution < 1.29 is 9.18 Å². The molecular formula is C28H27ClFN7O. The van der Waals surface area contributed by atoms with Crippen molar-refractivity contribution in [2.24, 2.45) is 0 Å². The number of carbonyl (C=O) groups is 1. The number of pyridine rings is 1. The maximum absolute atomic E-state index is 15.9. The first-order valence-corrected chi connectivity index (χ1v) is 12.7. The molecule has 0 atom stereocenters. The number of hydrogen-bond donors (Lipinski definition) is 1. The van der Waals surface area contributed by atoms with Crippen LogP contribution < -0.4 is 4.90 Å². The number of aromatic nitrogens is 3. The minimum absolute atomic E-state index is 0.0471. The molecule has 1 amide bonds. The number of halogens is 2. The van der Waals surface area contributed by atoms with E-state index in [0.29, 0.717) is 60.4 Å². The summed E-state index contributed by atoms with van der Waals surface area (Å²) in [6.07, 6.45) is 6.58. The fourth-order valence-corrected chi connectivity index (χ4v) is 5.32. The second-order valence-electron chi connectivity index (χ2n) is 9.64. The van der Waals surface area contributed by atoms with Crippen LogP contribution in [0.15, 0.2) is 42.7 Å². The third-order valence-corrected chi connectivity index (χ3v) is 7.23. The molecule has 1 aliphatic heterocycles. The van der Waals surface area contributed by atoms with Gasteiger partial charge in [0.1, 0.15) is 11.9 Å². The van der Waals surface area contributed by atoms with Gasteiger partial charge >= 0.3 is 0 Å². The molecule has 194 valence electrons. The molecule has 0 spiro atoms. The summed E-state index contributed by atoms with van der Waals surface area (Å²) in [6, 6.07) is 7.40. The van der Waals surface area contributed by atoms with E-state index in [1.165, 1.54) is 12.3 Å². The van der Waals surface area contributed by atoms with Crippen molar-refractivity contribution in [2.45, 2.75) is 6.92 Å². The van der Waals surface area contributed by atoms with Crippen LogP contribution in [0.1, 0.15) is 11.1 Å². The normalized spacial score (nSPS) is 14.2. The Bertz CT molecular complexity index is 1610. The molecule has 38 heavy (non-hydrogen) atoms. The standard InChI is InChI=1S/C28H27ClFN7O/c1-17-6-7-22-20(16-33-34-22)24(17)25-21(30)13-19-27(26(25)29)32-15-18(14-31)28(19)37-11-9-36(10-12-37)23(38)5-4-8-35(2)3/h4-7,13,15-16H,8-12H2,1-3H3,(H,33,34)/b5-4+. The number of fused-ring (bicyclic) bond motifs is 2. The molecule has 1 aliphatic rings. The van der Waals surface area contributed by atoms with Crippen LogP contribution in [0, 0.1) is 24.1 Å². The Hall–Kier alpha value is -4.00. The van der Waals surface area contributed by atoms with Crippen LogP contribution in [0.4, 0.5) is 10.1 Å². The van der Waals surface area contributed by atoms with Crippen LogP contribution in [0.5, 0.6) is 0 Å². The zero-order chi connectivity index (χ0) is 27.0. The highest BCUT2D eigenvalue weighted by atomic mass is 35.5. The number of amides is 1. The molecule has 5 rings (SSSR count). The molecule has 0 bridgehead atoms. The number of nitrogens with one attached hydrogen (secondary N) is 1. The molecule has 10 heteroatoms. The number of nitriles is 1. The van der Waals surface area contributed by atoms with E-state index < -0.39 is 5.82 Å². The number of anilines is 1. The van der Waals surface area contributed by atoms with Gasteiger partial charge in [-0.3, -0.25) is 14.9 Å². The fourth-order valence-electron chi connectivity index (χ4n) is 4.98. The second kappa shape index (κ2) is 10.4. The van der Waals surface area contributed by atoms with Crippen LogP contribution in [0.2, 0.25) is 5.02 Å². The SMILES string of the molecule is Cc1ccc2[nH]ncc2c1-c1c(F)cc2c(N3CCN(C(=O)/C=C/CN(C)C)CC3)c(C#N)cnc2c1Cl. The maximum atomic E-state index is 15.9. The number of carbonyl (C=O) groups excluding carboxylic acids is 1. The van der Waals surface area contributed by atoms with E-state index in [9.17, 15) is 10.1 Å². The van der Waals surface area contributed by atoms with Gasteiger partial charge in [-0.2, -0.15) is 10.4 Å². The Morgan fingerprint density at radius 2 is 1.97 bits per heavy atom. The van der Waals surface area contributed by atoms with E-state index in [0.717, 1.165) is 16.5 Å². The molecule has 0 aliphatic carbocycles. The smallest absolute Gasteiger partial charge is 0.246 e. The van der Waals surface area contributed by atoms with E-state index in [1.807, 2.05) is 49.0 Å². The lowest BCUT2D eigenvalue weighted by Crippen LogP contribution is -2.48. The van der Waals surface area contributed by atoms with Gasteiger partial charge in [-0.25, -0.2) is 4.39 Å². The monoisotopic (exact) mass is 531 g/mol. The zero-order valence-electron chi connectivity index (χ0n) is 21.4. The van der Waals surface area contributed by atoms with Gasteiger partial charge in [0.05, 0.1) is 33.5 Å². The van der Waals surface area contributed by atoms with Crippen LogP contribution in [-0.4, -0.2) is 77.7 Å². The molecule has 0 radical (unpaired) electrons. The molecule has 0 saturated carbocycles. The predicted octanol–water partition coefficient (Wildman–Crippen LogP) is 4.52. The van der Waals surface area contributed by atoms with Crippen LogP contribution >= 0.6 is 11.6 Å². The first-order chi connectivity index (χ1) is 18.3. The Labute approximate surface area is 224 Å². The maximum Gasteiger partial charge on any atom is 0.246 e. The number of H-pyrrole nitrogens is 1. The summed E-state index contributed by atoms with van der Waals surface area (Å²) < 4.78 is 15.9. The molecule has 0 unspecified atom stereocenters. The summed E-state index contributed by atoms with van der Waals surface area (Å²) in [7, 11) is 3.88. The molecule has 4 aromatic rings. The van der Waals surface area contributed by atoms with Crippen LogP contribution in [0.3, 0.4) is 0 Å². The highest BCUT2D eigenvalue weighted by molar-refractivity contribution is 6.38. The highest BCUT2D eigenvalue weighted by Crippen LogP contribution is 2.43. The van der Waals surface area contributed by atoms with Gasteiger partial charge < -0.3 is 14.7 Å². The summed E-state index contributed by atoms with van der Waals surface area (Å²) in [5, 5.41) is 18.3. The summed E-state index contributed by atoms with van der Waals surface area (Å²) >= 11 is 6.86. The van der Waals surface area contributed by atoms with Crippen LogP contribution in [-0.2, 0) is 4.79 Å². The Morgan fingerprint density at radius 1 is 1.21 bits per heavy atom. The van der Waals surface area contributed by atoms with Gasteiger partial charge in [0, 0.05) is 66.9 Å². The number of aromatic amines is 1. The molecular weight excluding hydrogens is 505 g/mol. The minimum atomic E-state index is -0.503. The van der Waals surface area contributed by atoms with Gasteiger partial charge in [0.25, 0.3) is 0 Å². The Kier molecular flexibility index (Phi) is 7.02. The summed E-state index contributed by atoms with van der Waals surface area (Å²) in [6.45, 7) is 4.54. The van der Waals surface area contributed by atoms with Crippen molar-refractivity contribution in [3.63, 3.8) is 0 Å². The van der Waals surface area contributed by atoms with E-state index in [-0.39, 0.29) is 16.5 Å². The van der Waals surface area contributed by atoms with Crippen molar-refractivity contribution in [1.29, 1.82) is 5.26 Å². The number of hydrogen-bond acceptors (Lipinski definition) is 6. The zero-order valence-corrected chi connectivity index (χ0v) is 22.2. The minimum Gasteiger partial charge on any atom is -0.366 e. The van der Waals surface area contributed by atoms with Crippen molar-refractivity contribution in [3.8, 4) is 17.2 Å². The topological polar surface area (TPSA) is 92.2 Å². The van der Waals surface area contributed by atoms with E-state index in [4.69, 9.17) is 11.6 Å². The Morgan fingerprint density at radius 3 is 2.68 bits per heavy atom. The van der Waals surface area contributed by atoms with Gasteiger partial charge in [0.2, 0.25) is 5.91 Å². The largest absolute Gasteiger partial charge is 0.366 e. The van der Waals surface area contributed by atoms with E-state index in [2.05, 4.69) is 21.3 Å². The highest BCUT2D eigenvalue weighted by Gasteiger charge is 2.26. The number of rotatable bonds is 5. The quantitative estimate of drug-likeness (QED) is 0.381. The molecule has 2 aromatic heterocycles. The lowest BCUT2D eigenvalue weighted by molar-refractivity contribution is -0.126. The first-order valence-electron chi connectivity index (χ1n) is 12.3. The third kappa shape index (κ3) is 4.57.